The van der Waals surface area contributed by atoms with Crippen LogP contribution in [0.5, 0.6) is 0 Å². The summed E-state index contributed by atoms with van der Waals surface area (Å²) in [6.45, 7) is 4.73. The van der Waals surface area contributed by atoms with Crippen molar-refractivity contribution in [2.75, 3.05) is 0 Å². The standard InChI is InChI=1S/C22H26FNO/c1-16(2)18-10-7-17(8-11-18)9-14-22(25)24(20-12-13-20)15-19-5-3-4-6-21(19)23/h3-8,10-11,16,20H,9,12-15H2,1-2H3. The second-order valence-electron chi connectivity index (χ2n) is 7.24. The van der Waals surface area contributed by atoms with E-state index in [4.69, 9.17) is 0 Å². The third-order valence-electron chi connectivity index (χ3n) is 4.88. The van der Waals surface area contributed by atoms with Crippen molar-refractivity contribution in [2.45, 2.75) is 58.0 Å². The summed E-state index contributed by atoms with van der Waals surface area (Å²) in [5, 5.41) is 0. The molecule has 2 aromatic rings. The summed E-state index contributed by atoms with van der Waals surface area (Å²) >= 11 is 0. The molecule has 0 atom stereocenters. The highest BCUT2D eigenvalue weighted by molar-refractivity contribution is 5.77. The van der Waals surface area contributed by atoms with E-state index in [1.165, 1.54) is 17.2 Å². The van der Waals surface area contributed by atoms with E-state index in [1.54, 1.807) is 12.1 Å². The first-order valence-electron chi connectivity index (χ1n) is 9.16. The molecule has 0 N–H and O–H groups in total. The number of carbonyl (C=O) groups is 1. The van der Waals surface area contributed by atoms with Crippen molar-refractivity contribution in [2.24, 2.45) is 0 Å². The Morgan fingerprint density at radius 3 is 2.40 bits per heavy atom. The smallest absolute Gasteiger partial charge is 0.223 e. The van der Waals surface area contributed by atoms with E-state index in [0.29, 0.717) is 24.4 Å². The zero-order valence-corrected chi connectivity index (χ0v) is 15.0. The lowest BCUT2D eigenvalue weighted by molar-refractivity contribution is -0.132. The van der Waals surface area contributed by atoms with E-state index >= 15 is 0 Å². The van der Waals surface area contributed by atoms with E-state index in [0.717, 1.165) is 19.3 Å². The first kappa shape index (κ1) is 17.7. The maximum Gasteiger partial charge on any atom is 0.223 e. The second kappa shape index (κ2) is 7.81. The van der Waals surface area contributed by atoms with Crippen molar-refractivity contribution in [1.29, 1.82) is 0 Å². The van der Waals surface area contributed by atoms with Crippen molar-refractivity contribution in [3.8, 4) is 0 Å². The molecule has 0 unspecified atom stereocenters. The van der Waals surface area contributed by atoms with Gasteiger partial charge in [-0.25, -0.2) is 4.39 Å². The fourth-order valence-corrected chi connectivity index (χ4v) is 3.08. The molecule has 1 aliphatic carbocycles. The minimum Gasteiger partial charge on any atom is -0.335 e. The molecule has 2 aromatic carbocycles. The number of nitrogens with zero attached hydrogens (tertiary/aromatic N) is 1. The molecule has 0 saturated heterocycles. The minimum atomic E-state index is -0.231. The van der Waals surface area contributed by atoms with Gasteiger partial charge in [0.1, 0.15) is 5.82 Å². The lowest BCUT2D eigenvalue weighted by Crippen LogP contribution is -2.33. The molecule has 2 nitrogen and oxygen atoms in total. The van der Waals surface area contributed by atoms with Crippen LogP contribution in [0.25, 0.3) is 0 Å². The van der Waals surface area contributed by atoms with Gasteiger partial charge in [-0.2, -0.15) is 0 Å². The Morgan fingerprint density at radius 1 is 1.12 bits per heavy atom. The normalized spacial score (nSPS) is 13.9. The third kappa shape index (κ3) is 4.68. The van der Waals surface area contributed by atoms with Gasteiger partial charge in [-0.05, 0) is 42.4 Å². The number of carbonyl (C=O) groups excluding carboxylic acids is 1. The fourth-order valence-electron chi connectivity index (χ4n) is 3.08. The molecule has 1 amide bonds. The van der Waals surface area contributed by atoms with Gasteiger partial charge in [0.15, 0.2) is 0 Å². The quantitative estimate of drug-likeness (QED) is 0.689. The van der Waals surface area contributed by atoms with Gasteiger partial charge in [0.25, 0.3) is 0 Å². The fraction of sp³-hybridized carbons (Fsp3) is 0.409. The number of hydrogen-bond acceptors (Lipinski definition) is 1. The molecule has 25 heavy (non-hydrogen) atoms. The maximum atomic E-state index is 13.9. The highest BCUT2D eigenvalue weighted by atomic mass is 19.1. The van der Waals surface area contributed by atoms with Gasteiger partial charge in [-0.1, -0.05) is 56.3 Å². The van der Waals surface area contributed by atoms with Crippen LogP contribution in [0.4, 0.5) is 4.39 Å². The lowest BCUT2D eigenvalue weighted by atomic mass is 10.00. The van der Waals surface area contributed by atoms with Gasteiger partial charge < -0.3 is 4.90 Å². The number of amides is 1. The van der Waals surface area contributed by atoms with Gasteiger partial charge >= 0.3 is 0 Å². The molecule has 0 aromatic heterocycles. The average molecular weight is 339 g/mol. The Kier molecular flexibility index (Phi) is 5.52. The number of halogens is 1. The second-order valence-corrected chi connectivity index (χ2v) is 7.24. The highest BCUT2D eigenvalue weighted by Gasteiger charge is 2.32. The number of rotatable bonds is 7. The molecule has 0 heterocycles. The molecular formula is C22H26FNO. The Morgan fingerprint density at radius 2 is 1.80 bits per heavy atom. The summed E-state index contributed by atoms with van der Waals surface area (Å²) in [5.41, 5.74) is 3.10. The van der Waals surface area contributed by atoms with Crippen molar-refractivity contribution >= 4 is 5.91 Å². The van der Waals surface area contributed by atoms with Crippen LogP contribution in [0.15, 0.2) is 48.5 Å². The number of benzene rings is 2. The number of aryl methyl sites for hydroxylation is 1. The molecule has 132 valence electrons. The molecular weight excluding hydrogens is 313 g/mol. The van der Waals surface area contributed by atoms with Crippen molar-refractivity contribution in [3.05, 3.63) is 71.0 Å². The zero-order valence-electron chi connectivity index (χ0n) is 15.0. The van der Waals surface area contributed by atoms with E-state index in [-0.39, 0.29) is 17.8 Å². The average Bonchev–Trinajstić information content (AvgIpc) is 3.44. The monoisotopic (exact) mass is 339 g/mol. The van der Waals surface area contributed by atoms with Crippen LogP contribution in [-0.2, 0) is 17.8 Å². The van der Waals surface area contributed by atoms with Crippen molar-refractivity contribution in [1.82, 2.24) is 4.90 Å². The van der Waals surface area contributed by atoms with E-state index in [9.17, 15) is 9.18 Å². The molecule has 3 rings (SSSR count). The lowest BCUT2D eigenvalue weighted by Gasteiger charge is -2.23. The van der Waals surface area contributed by atoms with Gasteiger partial charge in [0.05, 0.1) is 0 Å². The van der Waals surface area contributed by atoms with Crippen LogP contribution < -0.4 is 0 Å². The van der Waals surface area contributed by atoms with Crippen LogP contribution in [0.2, 0.25) is 0 Å². The molecule has 1 aliphatic rings. The van der Waals surface area contributed by atoms with Crippen LogP contribution in [0, 0.1) is 5.82 Å². The third-order valence-corrected chi connectivity index (χ3v) is 4.88. The molecule has 0 spiro atoms. The summed E-state index contributed by atoms with van der Waals surface area (Å²) in [7, 11) is 0. The Balaban J connectivity index is 1.60. The van der Waals surface area contributed by atoms with Crippen molar-refractivity contribution < 1.29 is 9.18 Å². The molecule has 1 fully saturated rings. The molecule has 1 saturated carbocycles. The van der Waals surface area contributed by atoms with Gasteiger partial charge in [-0.3, -0.25) is 4.79 Å². The summed E-state index contributed by atoms with van der Waals surface area (Å²) < 4.78 is 13.9. The van der Waals surface area contributed by atoms with Crippen LogP contribution in [0.3, 0.4) is 0 Å². The SMILES string of the molecule is CC(C)c1ccc(CCC(=O)N(Cc2ccccc2F)C2CC2)cc1. The zero-order chi connectivity index (χ0) is 17.8. The van der Waals surface area contributed by atoms with Gasteiger partial charge in [-0.15, -0.1) is 0 Å². The first-order chi connectivity index (χ1) is 12.0. The molecule has 3 heteroatoms. The summed E-state index contributed by atoms with van der Waals surface area (Å²) in [4.78, 5) is 14.6. The van der Waals surface area contributed by atoms with Crippen LogP contribution in [0.1, 0.15) is 55.7 Å². The van der Waals surface area contributed by atoms with Crippen LogP contribution >= 0.6 is 0 Å². The highest BCUT2D eigenvalue weighted by Crippen LogP contribution is 2.29. The van der Waals surface area contributed by atoms with Crippen LogP contribution in [-0.4, -0.2) is 16.8 Å². The maximum absolute atomic E-state index is 13.9. The molecule has 0 aliphatic heterocycles. The Bertz CT molecular complexity index is 719. The molecule has 0 bridgehead atoms. The number of hydrogen-bond donors (Lipinski definition) is 0. The minimum absolute atomic E-state index is 0.124. The van der Waals surface area contributed by atoms with Crippen molar-refractivity contribution in [3.63, 3.8) is 0 Å². The Hall–Kier alpha value is -2.16. The summed E-state index contributed by atoms with van der Waals surface area (Å²) in [6.07, 6.45) is 3.27. The van der Waals surface area contributed by atoms with E-state index in [2.05, 4.69) is 38.1 Å². The predicted octanol–water partition coefficient (Wildman–Crippen LogP) is 5.07. The summed E-state index contributed by atoms with van der Waals surface area (Å²) in [6, 6.07) is 15.5. The summed E-state index contributed by atoms with van der Waals surface area (Å²) in [5.74, 6) is 0.408. The largest absolute Gasteiger partial charge is 0.335 e. The Labute approximate surface area is 149 Å². The molecule has 0 radical (unpaired) electrons. The van der Waals surface area contributed by atoms with Gasteiger partial charge in [0.2, 0.25) is 5.91 Å². The first-order valence-corrected chi connectivity index (χ1v) is 9.16. The van der Waals surface area contributed by atoms with E-state index in [1.807, 2.05) is 11.0 Å². The van der Waals surface area contributed by atoms with E-state index < -0.39 is 0 Å². The topological polar surface area (TPSA) is 20.3 Å². The predicted molar refractivity (Wildman–Crippen MR) is 98.8 cm³/mol. The van der Waals surface area contributed by atoms with Gasteiger partial charge in [0, 0.05) is 24.6 Å².